The third-order valence-electron chi connectivity index (χ3n) is 4.24. The number of carbonyl (C=O) groups excluding carboxylic acids is 2. The smallest absolute Gasteiger partial charge is 0.338 e. The molecule has 0 fully saturated rings. The zero-order valence-corrected chi connectivity index (χ0v) is 17.0. The van der Waals surface area contributed by atoms with Gasteiger partial charge in [-0.25, -0.2) is 22.0 Å². The van der Waals surface area contributed by atoms with Crippen molar-refractivity contribution < 1.29 is 31.5 Å². The summed E-state index contributed by atoms with van der Waals surface area (Å²) in [6, 6.07) is 5.83. The predicted octanol–water partition coefficient (Wildman–Crippen LogP) is 2.85. The van der Waals surface area contributed by atoms with Crippen LogP contribution < -0.4 is 9.62 Å². The average molecular weight is 426 g/mol. The Hall–Kier alpha value is -3.01. The molecule has 0 spiro atoms. The number of methoxy groups -OCH3 is 1. The molecule has 2 rings (SSSR count). The van der Waals surface area contributed by atoms with Gasteiger partial charge < -0.3 is 10.1 Å². The molecule has 156 valence electrons. The SMILES string of the molecule is COC(=O)c1cccc(NC(=O)[C@H](C)N(c2ccc(F)c(F)c2)S(C)(=O)=O)c1C. The van der Waals surface area contributed by atoms with Crippen LogP contribution in [0.2, 0.25) is 0 Å². The lowest BCUT2D eigenvalue weighted by molar-refractivity contribution is -0.116. The van der Waals surface area contributed by atoms with E-state index < -0.39 is 39.6 Å². The van der Waals surface area contributed by atoms with E-state index in [1.807, 2.05) is 0 Å². The molecule has 0 heterocycles. The predicted molar refractivity (Wildman–Crippen MR) is 104 cm³/mol. The highest BCUT2D eigenvalue weighted by Crippen LogP contribution is 2.25. The van der Waals surface area contributed by atoms with Crippen LogP contribution in [0, 0.1) is 18.6 Å². The average Bonchev–Trinajstić information content (AvgIpc) is 2.64. The van der Waals surface area contributed by atoms with Crippen LogP contribution in [0.1, 0.15) is 22.8 Å². The lowest BCUT2D eigenvalue weighted by Gasteiger charge is -2.28. The highest BCUT2D eigenvalue weighted by molar-refractivity contribution is 7.92. The second-order valence-corrected chi connectivity index (χ2v) is 8.15. The minimum absolute atomic E-state index is 0.200. The van der Waals surface area contributed by atoms with E-state index in [0.717, 1.165) is 18.4 Å². The van der Waals surface area contributed by atoms with Gasteiger partial charge in [-0.3, -0.25) is 9.10 Å². The van der Waals surface area contributed by atoms with Gasteiger partial charge in [0, 0.05) is 11.8 Å². The highest BCUT2D eigenvalue weighted by atomic mass is 32.2. The first-order valence-electron chi connectivity index (χ1n) is 8.40. The number of rotatable bonds is 6. The fourth-order valence-electron chi connectivity index (χ4n) is 2.77. The largest absolute Gasteiger partial charge is 0.465 e. The normalized spacial score (nSPS) is 12.2. The number of hydrogen-bond acceptors (Lipinski definition) is 5. The molecule has 29 heavy (non-hydrogen) atoms. The second kappa shape index (κ2) is 8.56. The maximum Gasteiger partial charge on any atom is 0.338 e. The van der Waals surface area contributed by atoms with Crippen molar-refractivity contribution in [3.8, 4) is 0 Å². The molecule has 10 heteroatoms. The van der Waals surface area contributed by atoms with Crippen LogP contribution in [0.15, 0.2) is 36.4 Å². The minimum atomic E-state index is -4.01. The van der Waals surface area contributed by atoms with Crippen LogP contribution in [0.5, 0.6) is 0 Å². The number of esters is 1. The number of ether oxygens (including phenoxy) is 1. The van der Waals surface area contributed by atoms with Crippen LogP contribution in [0.3, 0.4) is 0 Å². The third kappa shape index (κ3) is 4.89. The monoisotopic (exact) mass is 426 g/mol. The number of hydrogen-bond donors (Lipinski definition) is 1. The van der Waals surface area contributed by atoms with Gasteiger partial charge in [-0.05, 0) is 43.7 Å². The fourth-order valence-corrected chi connectivity index (χ4v) is 3.94. The van der Waals surface area contributed by atoms with Gasteiger partial charge in [-0.1, -0.05) is 6.07 Å². The van der Waals surface area contributed by atoms with Gasteiger partial charge in [0.25, 0.3) is 0 Å². The second-order valence-electron chi connectivity index (χ2n) is 6.29. The van der Waals surface area contributed by atoms with Crippen molar-refractivity contribution in [3.63, 3.8) is 0 Å². The topological polar surface area (TPSA) is 92.8 Å². The Morgan fingerprint density at radius 3 is 2.34 bits per heavy atom. The molecule has 0 aliphatic heterocycles. The summed E-state index contributed by atoms with van der Waals surface area (Å²) in [5, 5.41) is 2.56. The first kappa shape index (κ1) is 22.3. The summed E-state index contributed by atoms with van der Waals surface area (Å²) >= 11 is 0. The Bertz CT molecular complexity index is 1060. The van der Waals surface area contributed by atoms with Gasteiger partial charge in [-0.2, -0.15) is 0 Å². The fraction of sp³-hybridized carbons (Fsp3) is 0.263. The quantitative estimate of drug-likeness (QED) is 0.717. The number of benzene rings is 2. The first-order chi connectivity index (χ1) is 13.5. The van der Waals surface area contributed by atoms with Gasteiger partial charge in [0.1, 0.15) is 6.04 Å². The Morgan fingerprint density at radius 1 is 1.14 bits per heavy atom. The maximum absolute atomic E-state index is 13.6. The lowest BCUT2D eigenvalue weighted by atomic mass is 10.1. The molecular formula is C19H20F2N2O5S. The van der Waals surface area contributed by atoms with Gasteiger partial charge in [0.15, 0.2) is 11.6 Å². The molecule has 1 N–H and O–H groups in total. The van der Waals surface area contributed by atoms with Crippen LogP contribution >= 0.6 is 0 Å². The van der Waals surface area contributed by atoms with Crippen molar-refractivity contribution in [2.75, 3.05) is 23.0 Å². The van der Waals surface area contributed by atoms with Crippen molar-refractivity contribution >= 4 is 33.3 Å². The molecule has 0 saturated carbocycles. The van der Waals surface area contributed by atoms with Crippen molar-refractivity contribution in [3.05, 3.63) is 59.2 Å². The molecule has 0 aromatic heterocycles. The maximum atomic E-state index is 13.6. The Balaban J connectivity index is 2.38. The van der Waals surface area contributed by atoms with E-state index in [9.17, 15) is 26.8 Å². The summed E-state index contributed by atoms with van der Waals surface area (Å²) in [6.07, 6.45) is 0.848. The molecule has 0 unspecified atom stereocenters. The molecule has 0 aliphatic rings. The third-order valence-corrected chi connectivity index (χ3v) is 5.48. The summed E-state index contributed by atoms with van der Waals surface area (Å²) in [5.74, 6) is -3.71. The van der Waals surface area contributed by atoms with Crippen LogP contribution in [-0.4, -0.2) is 39.7 Å². The number of nitrogens with zero attached hydrogens (tertiary/aromatic N) is 1. The molecule has 1 amide bonds. The Morgan fingerprint density at radius 2 is 1.79 bits per heavy atom. The summed E-state index contributed by atoms with van der Waals surface area (Å²) < 4.78 is 56.7. The van der Waals surface area contributed by atoms with E-state index in [-0.39, 0.29) is 16.9 Å². The zero-order chi connectivity index (χ0) is 21.9. The molecule has 2 aromatic carbocycles. The van der Waals surface area contributed by atoms with Crippen LogP contribution in [-0.2, 0) is 19.6 Å². The molecule has 2 aromatic rings. The minimum Gasteiger partial charge on any atom is -0.465 e. The molecular weight excluding hydrogens is 406 g/mol. The van der Waals surface area contributed by atoms with Gasteiger partial charge in [-0.15, -0.1) is 0 Å². The van der Waals surface area contributed by atoms with Crippen molar-refractivity contribution in [1.82, 2.24) is 0 Å². The highest BCUT2D eigenvalue weighted by Gasteiger charge is 2.30. The number of carbonyl (C=O) groups is 2. The van der Waals surface area contributed by atoms with Crippen molar-refractivity contribution in [1.29, 1.82) is 0 Å². The number of nitrogens with one attached hydrogen (secondary N) is 1. The molecule has 0 saturated heterocycles. The number of halogens is 2. The summed E-state index contributed by atoms with van der Waals surface area (Å²) in [7, 11) is -2.79. The number of amides is 1. The first-order valence-corrected chi connectivity index (χ1v) is 10.3. The standard InChI is InChI=1S/C19H20F2N2O5S/c1-11-14(19(25)28-3)6-5-7-17(11)22-18(24)12(2)23(29(4,26)27)13-8-9-15(20)16(21)10-13/h5-10,12H,1-4H3,(H,22,24)/t12-/m0/s1. The lowest BCUT2D eigenvalue weighted by Crippen LogP contribution is -2.45. The molecule has 0 bridgehead atoms. The van der Waals surface area contributed by atoms with Gasteiger partial charge in [0.05, 0.1) is 24.6 Å². The molecule has 0 radical (unpaired) electrons. The van der Waals surface area contributed by atoms with E-state index >= 15 is 0 Å². The summed E-state index contributed by atoms with van der Waals surface area (Å²) in [4.78, 5) is 24.5. The Labute approximate surface area is 167 Å². The summed E-state index contributed by atoms with van der Waals surface area (Å²) in [6.45, 7) is 2.90. The van der Waals surface area contributed by atoms with E-state index in [4.69, 9.17) is 0 Å². The van der Waals surface area contributed by atoms with E-state index in [0.29, 0.717) is 15.9 Å². The summed E-state index contributed by atoms with van der Waals surface area (Å²) in [5.41, 5.74) is 0.745. The van der Waals surface area contributed by atoms with E-state index in [1.54, 1.807) is 6.92 Å². The molecule has 0 aliphatic carbocycles. The van der Waals surface area contributed by atoms with Crippen molar-refractivity contribution in [2.24, 2.45) is 0 Å². The van der Waals surface area contributed by atoms with Gasteiger partial charge in [0.2, 0.25) is 15.9 Å². The van der Waals surface area contributed by atoms with E-state index in [1.165, 1.54) is 32.2 Å². The van der Waals surface area contributed by atoms with Crippen molar-refractivity contribution in [2.45, 2.75) is 19.9 Å². The van der Waals surface area contributed by atoms with E-state index in [2.05, 4.69) is 10.1 Å². The zero-order valence-electron chi connectivity index (χ0n) is 16.2. The Kier molecular flexibility index (Phi) is 6.58. The van der Waals surface area contributed by atoms with Crippen LogP contribution in [0.25, 0.3) is 0 Å². The molecule has 1 atom stereocenters. The molecule has 7 nitrogen and oxygen atoms in total. The number of anilines is 2. The van der Waals surface area contributed by atoms with Gasteiger partial charge >= 0.3 is 5.97 Å². The number of sulfonamides is 1. The van der Waals surface area contributed by atoms with Crippen LogP contribution in [0.4, 0.5) is 20.2 Å².